The molecule has 5 heteroatoms. The van der Waals surface area contributed by atoms with Crippen LogP contribution in [0.2, 0.25) is 5.02 Å². The second kappa shape index (κ2) is 4.90. The van der Waals surface area contributed by atoms with Crippen LogP contribution in [0.1, 0.15) is 18.7 Å². The number of hydrogen-bond acceptors (Lipinski definition) is 4. The highest BCUT2D eigenvalue weighted by Crippen LogP contribution is 2.27. The van der Waals surface area contributed by atoms with Gasteiger partial charge in [0.2, 0.25) is 0 Å². The molecule has 1 unspecified atom stereocenters. The van der Waals surface area contributed by atoms with Crippen molar-refractivity contribution in [1.82, 2.24) is 9.97 Å². The summed E-state index contributed by atoms with van der Waals surface area (Å²) in [4.78, 5) is 8.19. The van der Waals surface area contributed by atoms with Gasteiger partial charge in [-0.25, -0.2) is 4.98 Å². The van der Waals surface area contributed by atoms with Crippen molar-refractivity contribution in [1.29, 1.82) is 0 Å². The van der Waals surface area contributed by atoms with Gasteiger partial charge < -0.3 is 9.73 Å². The zero-order valence-electron chi connectivity index (χ0n) is 10.3. The van der Waals surface area contributed by atoms with Crippen LogP contribution in [-0.2, 0) is 0 Å². The van der Waals surface area contributed by atoms with Gasteiger partial charge in [0, 0.05) is 22.8 Å². The summed E-state index contributed by atoms with van der Waals surface area (Å²) in [6, 6.07) is 7.56. The fourth-order valence-corrected chi connectivity index (χ4v) is 2.10. The predicted molar refractivity (Wildman–Crippen MR) is 75.3 cm³/mol. The van der Waals surface area contributed by atoms with Crippen molar-refractivity contribution < 1.29 is 4.42 Å². The quantitative estimate of drug-likeness (QED) is 0.782. The number of rotatable bonds is 3. The maximum Gasteiger partial charge on any atom is 0.145 e. The van der Waals surface area contributed by atoms with E-state index in [1.54, 1.807) is 18.6 Å². The van der Waals surface area contributed by atoms with E-state index in [1.807, 2.05) is 31.2 Å². The first-order chi connectivity index (χ1) is 9.22. The molecule has 1 atom stereocenters. The van der Waals surface area contributed by atoms with E-state index in [1.165, 1.54) is 0 Å². The number of benzene rings is 1. The van der Waals surface area contributed by atoms with E-state index in [9.17, 15) is 0 Å². The molecule has 0 spiro atoms. The van der Waals surface area contributed by atoms with Crippen molar-refractivity contribution in [2.45, 2.75) is 13.0 Å². The largest absolute Gasteiger partial charge is 0.459 e. The minimum absolute atomic E-state index is 0.00266. The molecule has 3 rings (SSSR count). The highest BCUT2D eigenvalue weighted by Gasteiger charge is 2.12. The number of hydrogen-bond donors (Lipinski definition) is 1. The van der Waals surface area contributed by atoms with Gasteiger partial charge in [0.05, 0.1) is 12.2 Å². The first kappa shape index (κ1) is 12.0. The molecule has 0 aliphatic rings. The lowest BCUT2D eigenvalue weighted by atomic mass is 10.2. The highest BCUT2D eigenvalue weighted by atomic mass is 35.5. The topological polar surface area (TPSA) is 51.0 Å². The van der Waals surface area contributed by atoms with Crippen molar-refractivity contribution in [2.24, 2.45) is 0 Å². The van der Waals surface area contributed by atoms with Gasteiger partial charge in [0.1, 0.15) is 17.2 Å². The van der Waals surface area contributed by atoms with E-state index in [0.717, 1.165) is 16.7 Å². The van der Waals surface area contributed by atoms with Crippen LogP contribution < -0.4 is 5.32 Å². The van der Waals surface area contributed by atoms with Crippen LogP contribution in [0.25, 0.3) is 11.0 Å². The van der Waals surface area contributed by atoms with Crippen molar-refractivity contribution >= 4 is 28.4 Å². The van der Waals surface area contributed by atoms with Crippen LogP contribution in [0, 0.1) is 0 Å². The molecule has 4 nitrogen and oxygen atoms in total. The highest BCUT2D eigenvalue weighted by molar-refractivity contribution is 6.31. The molecule has 2 heterocycles. The Hall–Kier alpha value is -2.07. The minimum Gasteiger partial charge on any atom is -0.459 e. The van der Waals surface area contributed by atoms with E-state index >= 15 is 0 Å². The molecule has 0 aliphatic carbocycles. The molecule has 3 aromatic rings. The Balaban J connectivity index is 1.87. The third-order valence-corrected chi connectivity index (χ3v) is 3.09. The van der Waals surface area contributed by atoms with Crippen LogP contribution in [0.15, 0.2) is 47.3 Å². The molecule has 1 N–H and O–H groups in total. The Morgan fingerprint density at radius 2 is 2.16 bits per heavy atom. The lowest BCUT2D eigenvalue weighted by Crippen LogP contribution is -2.06. The smallest absolute Gasteiger partial charge is 0.145 e. The van der Waals surface area contributed by atoms with Gasteiger partial charge in [-0.2, -0.15) is 0 Å². The molecule has 2 aromatic heterocycles. The van der Waals surface area contributed by atoms with Gasteiger partial charge in [0.15, 0.2) is 0 Å². The molecule has 1 aromatic carbocycles. The summed E-state index contributed by atoms with van der Waals surface area (Å²) >= 11 is 5.96. The number of halogens is 1. The first-order valence-corrected chi connectivity index (χ1v) is 6.32. The van der Waals surface area contributed by atoms with E-state index < -0.39 is 0 Å². The second-order valence-corrected chi connectivity index (χ2v) is 4.72. The van der Waals surface area contributed by atoms with Crippen molar-refractivity contribution in [2.75, 3.05) is 5.32 Å². The monoisotopic (exact) mass is 273 g/mol. The molecule has 0 saturated carbocycles. The second-order valence-electron chi connectivity index (χ2n) is 4.29. The van der Waals surface area contributed by atoms with Gasteiger partial charge in [0.25, 0.3) is 0 Å². The molecular weight excluding hydrogens is 262 g/mol. The summed E-state index contributed by atoms with van der Waals surface area (Å²) in [7, 11) is 0. The summed E-state index contributed by atoms with van der Waals surface area (Å²) in [5.41, 5.74) is 0.826. The Morgan fingerprint density at radius 1 is 1.26 bits per heavy atom. The lowest BCUT2D eigenvalue weighted by Gasteiger charge is -2.10. The number of anilines is 1. The van der Waals surface area contributed by atoms with Gasteiger partial charge in [-0.15, -0.1) is 0 Å². The molecule has 19 heavy (non-hydrogen) atoms. The van der Waals surface area contributed by atoms with Gasteiger partial charge in [-0.3, -0.25) is 4.98 Å². The Morgan fingerprint density at radius 3 is 2.95 bits per heavy atom. The molecule has 0 aliphatic heterocycles. The molecule has 0 fully saturated rings. The number of nitrogens with zero attached hydrogens (tertiary/aromatic N) is 2. The normalized spacial score (nSPS) is 12.5. The Kier molecular flexibility index (Phi) is 3.09. The summed E-state index contributed by atoms with van der Waals surface area (Å²) in [5.74, 6) is 1.55. The SMILES string of the molecule is CC(Nc1cnccn1)c1cc2cc(Cl)ccc2o1. The molecule has 0 radical (unpaired) electrons. The van der Waals surface area contributed by atoms with Crippen LogP contribution in [-0.4, -0.2) is 9.97 Å². The fraction of sp³-hybridized carbons (Fsp3) is 0.143. The molecule has 0 saturated heterocycles. The van der Waals surface area contributed by atoms with Crippen molar-refractivity contribution in [3.63, 3.8) is 0 Å². The number of fused-ring (bicyclic) bond motifs is 1. The third-order valence-electron chi connectivity index (χ3n) is 2.85. The summed E-state index contributed by atoms with van der Waals surface area (Å²) in [5, 5.41) is 4.93. The van der Waals surface area contributed by atoms with Crippen molar-refractivity contribution in [3.8, 4) is 0 Å². The number of nitrogens with one attached hydrogen (secondary N) is 1. The van der Waals surface area contributed by atoms with Crippen LogP contribution in [0.5, 0.6) is 0 Å². The zero-order chi connectivity index (χ0) is 13.2. The van der Waals surface area contributed by atoms with Gasteiger partial charge in [-0.05, 0) is 31.2 Å². The maximum absolute atomic E-state index is 5.96. The molecule has 0 bridgehead atoms. The van der Waals surface area contributed by atoms with E-state index in [0.29, 0.717) is 10.8 Å². The summed E-state index contributed by atoms with van der Waals surface area (Å²) in [6.45, 7) is 2.01. The van der Waals surface area contributed by atoms with Crippen LogP contribution >= 0.6 is 11.6 Å². The number of aromatic nitrogens is 2. The zero-order valence-corrected chi connectivity index (χ0v) is 11.1. The van der Waals surface area contributed by atoms with Crippen LogP contribution in [0.3, 0.4) is 0 Å². The fourth-order valence-electron chi connectivity index (χ4n) is 1.91. The molecule has 0 amide bonds. The van der Waals surface area contributed by atoms with Crippen molar-refractivity contribution in [3.05, 3.63) is 53.6 Å². The predicted octanol–water partition coefficient (Wildman–Crippen LogP) is 4.05. The number of furan rings is 1. The average molecular weight is 274 g/mol. The summed E-state index contributed by atoms with van der Waals surface area (Å²) < 4.78 is 5.79. The van der Waals surface area contributed by atoms with E-state index in [4.69, 9.17) is 16.0 Å². The standard InChI is InChI=1S/C14H12ClN3O/c1-9(18-14-8-16-4-5-17-14)13-7-10-6-11(15)2-3-12(10)19-13/h2-9H,1H3,(H,17,18). The van der Waals surface area contributed by atoms with Gasteiger partial charge >= 0.3 is 0 Å². The molecule has 96 valence electrons. The lowest BCUT2D eigenvalue weighted by molar-refractivity contribution is 0.525. The Bertz CT molecular complexity index is 696. The first-order valence-electron chi connectivity index (χ1n) is 5.94. The molecular formula is C14H12ClN3O. The van der Waals surface area contributed by atoms with Crippen LogP contribution in [0.4, 0.5) is 5.82 Å². The van der Waals surface area contributed by atoms with E-state index in [-0.39, 0.29) is 6.04 Å². The van der Waals surface area contributed by atoms with E-state index in [2.05, 4.69) is 15.3 Å². The summed E-state index contributed by atoms with van der Waals surface area (Å²) in [6.07, 6.45) is 4.96. The maximum atomic E-state index is 5.96. The average Bonchev–Trinajstić information content (AvgIpc) is 2.83. The minimum atomic E-state index is 0.00266. The third kappa shape index (κ3) is 2.53. The van der Waals surface area contributed by atoms with Gasteiger partial charge in [-0.1, -0.05) is 11.6 Å². The Labute approximate surface area is 115 Å².